The minimum atomic E-state index is 0.0242. The van der Waals surface area contributed by atoms with Gasteiger partial charge >= 0.3 is 0 Å². The summed E-state index contributed by atoms with van der Waals surface area (Å²) in [7, 11) is 0. The Labute approximate surface area is 96.7 Å². The van der Waals surface area contributed by atoms with Gasteiger partial charge in [0.2, 0.25) is 6.73 Å². The van der Waals surface area contributed by atoms with E-state index in [4.69, 9.17) is 4.84 Å². The summed E-state index contributed by atoms with van der Waals surface area (Å²) >= 11 is 0. The molecule has 0 bridgehead atoms. The summed E-state index contributed by atoms with van der Waals surface area (Å²) in [6.45, 7) is 0.838. The molecule has 17 heavy (non-hydrogen) atoms. The molecule has 1 aliphatic heterocycles. The Morgan fingerprint density at radius 1 is 1.29 bits per heavy atom. The van der Waals surface area contributed by atoms with Gasteiger partial charge in [0.05, 0.1) is 5.52 Å². The summed E-state index contributed by atoms with van der Waals surface area (Å²) in [5, 5.41) is 9.60. The lowest BCUT2D eigenvalue weighted by molar-refractivity contribution is 0.0881. The van der Waals surface area contributed by atoms with Crippen LogP contribution in [0.1, 0.15) is 0 Å². The molecule has 0 N–H and O–H groups in total. The van der Waals surface area contributed by atoms with Crippen molar-refractivity contribution in [2.75, 3.05) is 6.73 Å². The van der Waals surface area contributed by atoms with Crippen LogP contribution in [0.2, 0.25) is 0 Å². The molecule has 1 aromatic carbocycles. The van der Waals surface area contributed by atoms with Gasteiger partial charge in [-0.1, -0.05) is 12.1 Å². The van der Waals surface area contributed by atoms with Crippen LogP contribution in [0.3, 0.4) is 0 Å². The number of hydrogen-bond donors (Lipinski definition) is 0. The van der Waals surface area contributed by atoms with Gasteiger partial charge in [0.1, 0.15) is 6.67 Å². The highest BCUT2D eigenvalue weighted by Crippen LogP contribution is 2.11. The molecule has 2 aromatic rings. The van der Waals surface area contributed by atoms with E-state index in [1.165, 1.54) is 0 Å². The number of aromatic nitrogens is 1. The quantitative estimate of drug-likeness (QED) is 0.786. The third-order valence-electron chi connectivity index (χ3n) is 2.63. The van der Waals surface area contributed by atoms with Crippen molar-refractivity contribution in [1.82, 2.24) is 9.58 Å². The van der Waals surface area contributed by atoms with Crippen LogP contribution < -0.4 is 5.43 Å². The molecule has 2 heterocycles. The topological polar surface area (TPSA) is 59.2 Å². The van der Waals surface area contributed by atoms with Crippen molar-refractivity contribution < 1.29 is 4.84 Å². The Bertz CT molecular complexity index is 635. The highest BCUT2D eigenvalue weighted by molar-refractivity contribution is 5.78. The Kier molecular flexibility index (Phi) is 2.25. The van der Waals surface area contributed by atoms with E-state index < -0.39 is 0 Å². The fraction of sp³-hybridized carbons (Fsp3) is 0.182. The standard InChI is InChI=1S/C11H10N4O2/c16-11-5-6-14(7-15-8-17-13-12-15)10-4-2-1-3-9(10)11/h1-6H,7-8H2. The summed E-state index contributed by atoms with van der Waals surface area (Å²) in [5.74, 6) is 0. The lowest BCUT2D eigenvalue weighted by Crippen LogP contribution is -2.20. The van der Waals surface area contributed by atoms with Gasteiger partial charge in [-0.25, -0.2) is 5.01 Å². The molecule has 6 heteroatoms. The van der Waals surface area contributed by atoms with Gasteiger partial charge in [0, 0.05) is 22.9 Å². The lowest BCUT2D eigenvalue weighted by atomic mass is 10.2. The van der Waals surface area contributed by atoms with Crippen LogP contribution in [-0.4, -0.2) is 16.3 Å². The fourth-order valence-electron chi connectivity index (χ4n) is 1.82. The molecule has 1 aromatic heterocycles. The third-order valence-corrected chi connectivity index (χ3v) is 2.63. The van der Waals surface area contributed by atoms with Crippen molar-refractivity contribution in [2.45, 2.75) is 6.67 Å². The lowest BCUT2D eigenvalue weighted by Gasteiger charge is -2.14. The van der Waals surface area contributed by atoms with Crippen LogP contribution in [0.4, 0.5) is 0 Å². The molecule has 0 saturated heterocycles. The summed E-state index contributed by atoms with van der Waals surface area (Å²) < 4.78 is 1.93. The Morgan fingerprint density at radius 2 is 2.18 bits per heavy atom. The van der Waals surface area contributed by atoms with Crippen LogP contribution in [-0.2, 0) is 11.5 Å². The Morgan fingerprint density at radius 3 is 3.00 bits per heavy atom. The zero-order chi connectivity index (χ0) is 11.7. The maximum atomic E-state index is 11.7. The van der Waals surface area contributed by atoms with E-state index in [1.807, 2.05) is 28.8 Å². The number of benzene rings is 1. The average molecular weight is 230 g/mol. The molecule has 0 atom stereocenters. The van der Waals surface area contributed by atoms with Gasteiger partial charge in [-0.05, 0) is 17.4 Å². The highest BCUT2D eigenvalue weighted by Gasteiger charge is 2.10. The molecule has 86 valence electrons. The molecule has 0 saturated carbocycles. The van der Waals surface area contributed by atoms with E-state index in [2.05, 4.69) is 10.5 Å². The SMILES string of the molecule is O=c1ccn(CN2CON=N2)c2ccccc12. The van der Waals surface area contributed by atoms with Gasteiger partial charge in [-0.15, -0.1) is 0 Å². The van der Waals surface area contributed by atoms with Crippen molar-refractivity contribution in [2.24, 2.45) is 10.5 Å². The van der Waals surface area contributed by atoms with E-state index in [0.717, 1.165) is 5.52 Å². The van der Waals surface area contributed by atoms with Crippen molar-refractivity contribution in [3.8, 4) is 0 Å². The zero-order valence-corrected chi connectivity index (χ0v) is 8.98. The number of pyridine rings is 1. The molecule has 3 rings (SSSR count). The number of para-hydroxylation sites is 1. The normalized spacial score (nSPS) is 14.2. The number of fused-ring (bicyclic) bond motifs is 1. The first-order valence-electron chi connectivity index (χ1n) is 5.21. The molecule has 0 spiro atoms. The van der Waals surface area contributed by atoms with Crippen molar-refractivity contribution in [3.05, 3.63) is 46.8 Å². The van der Waals surface area contributed by atoms with Crippen LogP contribution in [0.5, 0.6) is 0 Å². The summed E-state index contributed by atoms with van der Waals surface area (Å²) in [6, 6.07) is 9.03. The number of nitrogens with zero attached hydrogens (tertiary/aromatic N) is 4. The van der Waals surface area contributed by atoms with E-state index in [0.29, 0.717) is 18.8 Å². The van der Waals surface area contributed by atoms with Gasteiger partial charge < -0.3 is 9.40 Å². The minimum Gasteiger partial charge on any atom is -0.354 e. The van der Waals surface area contributed by atoms with E-state index in [1.54, 1.807) is 17.3 Å². The van der Waals surface area contributed by atoms with Crippen LogP contribution in [0, 0.1) is 0 Å². The first kappa shape index (κ1) is 9.83. The molecule has 1 aliphatic rings. The number of hydrogen-bond acceptors (Lipinski definition) is 5. The van der Waals surface area contributed by atoms with Crippen molar-refractivity contribution in [1.29, 1.82) is 0 Å². The van der Waals surface area contributed by atoms with Gasteiger partial charge in [-0.2, -0.15) is 0 Å². The predicted octanol–water partition coefficient (Wildman–Crippen LogP) is 1.53. The highest BCUT2D eigenvalue weighted by atomic mass is 16.7. The van der Waals surface area contributed by atoms with Gasteiger partial charge in [-0.3, -0.25) is 4.79 Å². The second kappa shape index (κ2) is 3.89. The Hall–Kier alpha value is -2.37. The van der Waals surface area contributed by atoms with Crippen molar-refractivity contribution >= 4 is 10.9 Å². The summed E-state index contributed by atoms with van der Waals surface area (Å²) in [5.41, 5.74) is 0.901. The zero-order valence-electron chi connectivity index (χ0n) is 8.98. The molecule has 0 radical (unpaired) electrons. The molecule has 0 unspecified atom stereocenters. The monoisotopic (exact) mass is 230 g/mol. The number of rotatable bonds is 2. The second-order valence-electron chi connectivity index (χ2n) is 3.74. The smallest absolute Gasteiger partial charge is 0.210 e. The van der Waals surface area contributed by atoms with Crippen LogP contribution in [0.25, 0.3) is 10.9 Å². The molecular weight excluding hydrogens is 220 g/mol. The van der Waals surface area contributed by atoms with E-state index in [-0.39, 0.29) is 5.43 Å². The van der Waals surface area contributed by atoms with E-state index >= 15 is 0 Å². The first-order valence-corrected chi connectivity index (χ1v) is 5.21. The van der Waals surface area contributed by atoms with E-state index in [9.17, 15) is 4.79 Å². The first-order chi connectivity index (χ1) is 8.34. The fourth-order valence-corrected chi connectivity index (χ4v) is 1.82. The molecule has 0 aliphatic carbocycles. The minimum absolute atomic E-state index is 0.0242. The third kappa shape index (κ3) is 1.73. The maximum absolute atomic E-state index is 11.7. The largest absolute Gasteiger partial charge is 0.354 e. The summed E-state index contributed by atoms with van der Waals surface area (Å²) in [4.78, 5) is 16.4. The van der Waals surface area contributed by atoms with Gasteiger partial charge in [0.15, 0.2) is 5.43 Å². The maximum Gasteiger partial charge on any atom is 0.210 e. The second-order valence-corrected chi connectivity index (χ2v) is 3.74. The molecular formula is C11H10N4O2. The average Bonchev–Trinajstić information content (AvgIpc) is 2.86. The van der Waals surface area contributed by atoms with Gasteiger partial charge in [0.25, 0.3) is 0 Å². The van der Waals surface area contributed by atoms with Crippen molar-refractivity contribution in [3.63, 3.8) is 0 Å². The van der Waals surface area contributed by atoms with Crippen LogP contribution in [0.15, 0.2) is 51.8 Å². The van der Waals surface area contributed by atoms with Crippen LogP contribution >= 0.6 is 0 Å². The Balaban J connectivity index is 2.07. The molecule has 0 amide bonds. The predicted molar refractivity (Wildman–Crippen MR) is 60.9 cm³/mol. The molecule has 6 nitrogen and oxygen atoms in total. The molecule has 0 fully saturated rings. The summed E-state index contributed by atoms with van der Waals surface area (Å²) in [6.07, 6.45) is 1.75.